The molecule has 2 aliphatic heterocycles. The Morgan fingerprint density at radius 2 is 2.05 bits per heavy atom. The minimum Gasteiger partial charge on any atom is -0.362 e. The van der Waals surface area contributed by atoms with E-state index in [4.69, 9.17) is 4.99 Å². The highest BCUT2D eigenvalue weighted by Gasteiger charge is 2.36. The fourth-order valence-electron chi connectivity index (χ4n) is 3.86. The van der Waals surface area contributed by atoms with E-state index in [0.29, 0.717) is 11.5 Å². The van der Waals surface area contributed by atoms with E-state index >= 15 is 0 Å². The lowest BCUT2D eigenvalue weighted by atomic mass is 9.89. The topological polar surface area (TPSA) is 27.6 Å². The van der Waals surface area contributed by atoms with E-state index in [0.717, 1.165) is 6.54 Å². The quantitative estimate of drug-likeness (QED) is 0.867. The van der Waals surface area contributed by atoms with Gasteiger partial charge in [-0.05, 0) is 44.1 Å². The van der Waals surface area contributed by atoms with Gasteiger partial charge in [-0.3, -0.25) is 4.99 Å². The Kier molecular flexibility index (Phi) is 4.92. The van der Waals surface area contributed by atoms with E-state index in [1.165, 1.54) is 75.5 Å². The van der Waals surface area contributed by atoms with E-state index in [-0.39, 0.29) is 0 Å². The number of aliphatic imine (C=N–C) groups is 1. The molecule has 114 valence electrons. The Balaban J connectivity index is 1.44. The molecule has 1 saturated carbocycles. The van der Waals surface area contributed by atoms with Crippen LogP contribution in [0.5, 0.6) is 0 Å². The van der Waals surface area contributed by atoms with Crippen molar-refractivity contribution < 1.29 is 0 Å². The van der Waals surface area contributed by atoms with Gasteiger partial charge in [0.2, 0.25) is 0 Å². The molecule has 1 spiro atoms. The molecule has 0 atom stereocenters. The Labute approximate surface area is 128 Å². The molecule has 2 fully saturated rings. The minimum absolute atomic E-state index is 0.570. The molecule has 0 radical (unpaired) electrons. The van der Waals surface area contributed by atoms with Crippen molar-refractivity contribution >= 4 is 16.9 Å². The summed E-state index contributed by atoms with van der Waals surface area (Å²) in [5.74, 6) is 1.30. The number of rotatable bonds is 3. The summed E-state index contributed by atoms with van der Waals surface area (Å²) in [5, 5.41) is 4.95. The molecule has 0 aromatic rings. The van der Waals surface area contributed by atoms with E-state index in [1.54, 1.807) is 0 Å². The summed E-state index contributed by atoms with van der Waals surface area (Å²) in [5.41, 5.74) is 0.570. The zero-order valence-electron chi connectivity index (χ0n) is 12.9. The van der Waals surface area contributed by atoms with Crippen molar-refractivity contribution in [1.29, 1.82) is 0 Å². The second kappa shape index (κ2) is 6.69. The van der Waals surface area contributed by atoms with Crippen LogP contribution in [-0.2, 0) is 0 Å². The summed E-state index contributed by atoms with van der Waals surface area (Å²) in [7, 11) is 0. The maximum atomic E-state index is 4.87. The van der Waals surface area contributed by atoms with Crippen molar-refractivity contribution in [3.05, 3.63) is 0 Å². The van der Waals surface area contributed by atoms with Crippen LogP contribution >= 0.6 is 11.8 Å². The van der Waals surface area contributed by atoms with Crippen LogP contribution in [0.25, 0.3) is 0 Å². The molecule has 0 unspecified atom stereocenters. The first-order chi connectivity index (χ1) is 9.80. The summed E-state index contributed by atoms with van der Waals surface area (Å²) < 4.78 is 0. The van der Waals surface area contributed by atoms with Crippen molar-refractivity contribution in [3.63, 3.8) is 0 Å². The average molecular weight is 295 g/mol. The number of amidine groups is 1. The molecule has 1 aliphatic carbocycles. The van der Waals surface area contributed by atoms with Crippen molar-refractivity contribution in [2.75, 3.05) is 31.9 Å². The van der Waals surface area contributed by atoms with Gasteiger partial charge in [-0.15, -0.1) is 0 Å². The van der Waals surface area contributed by atoms with Gasteiger partial charge >= 0.3 is 0 Å². The van der Waals surface area contributed by atoms with Crippen molar-refractivity contribution in [3.8, 4) is 0 Å². The number of hydrogen-bond acceptors (Lipinski definition) is 4. The Hall–Kier alpha value is -0.220. The highest BCUT2D eigenvalue weighted by Crippen LogP contribution is 2.43. The fraction of sp³-hybridized carbons (Fsp3) is 0.938. The van der Waals surface area contributed by atoms with Gasteiger partial charge < -0.3 is 10.2 Å². The second-order valence-electron chi connectivity index (χ2n) is 6.88. The molecule has 1 N–H and O–H groups in total. The van der Waals surface area contributed by atoms with E-state index in [9.17, 15) is 0 Å². The van der Waals surface area contributed by atoms with Crippen LogP contribution in [0.1, 0.15) is 51.9 Å². The van der Waals surface area contributed by atoms with Crippen LogP contribution in [0.3, 0.4) is 0 Å². The number of nitrogens with zero attached hydrogens (tertiary/aromatic N) is 2. The highest BCUT2D eigenvalue weighted by molar-refractivity contribution is 8.13. The van der Waals surface area contributed by atoms with Crippen molar-refractivity contribution in [2.24, 2.45) is 10.4 Å². The van der Waals surface area contributed by atoms with Crippen LogP contribution in [-0.4, -0.2) is 48.0 Å². The first-order valence-corrected chi connectivity index (χ1v) is 9.44. The van der Waals surface area contributed by atoms with Crippen LogP contribution in [0.4, 0.5) is 0 Å². The molecular formula is C16H29N3S. The maximum absolute atomic E-state index is 4.87. The van der Waals surface area contributed by atoms with E-state index in [2.05, 4.69) is 17.1 Å². The molecule has 1 saturated heterocycles. The number of piperidine rings is 1. The molecule has 3 nitrogen and oxygen atoms in total. The molecule has 3 rings (SSSR count). The molecule has 3 aliphatic rings. The second-order valence-corrected chi connectivity index (χ2v) is 7.84. The zero-order valence-corrected chi connectivity index (χ0v) is 13.7. The van der Waals surface area contributed by atoms with Crippen LogP contribution < -0.4 is 5.32 Å². The predicted octanol–water partition coefficient (Wildman–Crippen LogP) is 3.11. The standard InChI is InChI=1S/C16H29N3S/c1-2-9-19-10-5-14(6-11-19)18-15-17-12-16(13-20-15)7-3-4-8-16/h14H,2-13H2,1H3,(H,17,18). The van der Waals surface area contributed by atoms with Gasteiger partial charge in [0.1, 0.15) is 0 Å². The highest BCUT2D eigenvalue weighted by atomic mass is 32.2. The van der Waals surface area contributed by atoms with E-state index < -0.39 is 0 Å². The smallest absolute Gasteiger partial charge is 0.156 e. The lowest BCUT2D eigenvalue weighted by Crippen LogP contribution is -2.45. The molecule has 0 bridgehead atoms. The van der Waals surface area contributed by atoms with E-state index in [1.807, 2.05) is 11.8 Å². The normalized spacial score (nSPS) is 27.8. The summed E-state index contributed by atoms with van der Waals surface area (Å²) >= 11 is 1.99. The zero-order chi connectivity index (χ0) is 13.8. The van der Waals surface area contributed by atoms with Crippen LogP contribution in [0.15, 0.2) is 4.99 Å². The Bertz CT molecular complexity index is 342. The van der Waals surface area contributed by atoms with Gasteiger partial charge in [-0.1, -0.05) is 31.5 Å². The van der Waals surface area contributed by atoms with Gasteiger partial charge in [-0.25, -0.2) is 0 Å². The first-order valence-electron chi connectivity index (χ1n) is 8.46. The van der Waals surface area contributed by atoms with Gasteiger partial charge in [0.15, 0.2) is 5.17 Å². The number of nitrogens with one attached hydrogen (secondary N) is 1. The molecule has 0 aromatic carbocycles. The lowest BCUT2D eigenvalue weighted by molar-refractivity contribution is 0.207. The number of likely N-dealkylation sites (tertiary alicyclic amines) is 1. The SMILES string of the molecule is CCCN1CCC(NC2=NCC3(CCCC3)CS2)CC1. The number of thioether (sulfide) groups is 1. The molecule has 0 amide bonds. The summed E-state index contributed by atoms with van der Waals surface area (Å²) in [6.45, 7) is 7.14. The van der Waals surface area contributed by atoms with Crippen LogP contribution in [0, 0.1) is 5.41 Å². The molecule has 4 heteroatoms. The van der Waals surface area contributed by atoms with Crippen molar-refractivity contribution in [1.82, 2.24) is 10.2 Å². The Morgan fingerprint density at radius 1 is 1.30 bits per heavy atom. The third kappa shape index (κ3) is 3.51. The minimum atomic E-state index is 0.570. The number of hydrogen-bond donors (Lipinski definition) is 1. The van der Waals surface area contributed by atoms with Gasteiger partial charge in [0.05, 0.1) is 0 Å². The van der Waals surface area contributed by atoms with Gasteiger partial charge in [0.25, 0.3) is 0 Å². The van der Waals surface area contributed by atoms with Gasteiger partial charge in [0, 0.05) is 31.4 Å². The first kappa shape index (κ1) is 14.7. The Morgan fingerprint density at radius 3 is 2.65 bits per heavy atom. The largest absolute Gasteiger partial charge is 0.362 e. The average Bonchev–Trinajstić information content (AvgIpc) is 2.93. The molecule has 20 heavy (non-hydrogen) atoms. The molecular weight excluding hydrogens is 266 g/mol. The molecule has 0 aromatic heterocycles. The third-order valence-corrected chi connectivity index (χ3v) is 6.47. The predicted molar refractivity (Wildman–Crippen MR) is 88.5 cm³/mol. The monoisotopic (exact) mass is 295 g/mol. The van der Waals surface area contributed by atoms with Crippen LogP contribution in [0.2, 0.25) is 0 Å². The fourth-order valence-corrected chi connectivity index (χ4v) is 5.09. The summed E-state index contributed by atoms with van der Waals surface area (Å²) in [4.78, 5) is 7.47. The molecule has 2 heterocycles. The van der Waals surface area contributed by atoms with Crippen molar-refractivity contribution in [2.45, 2.75) is 57.9 Å². The third-order valence-electron chi connectivity index (χ3n) is 5.19. The lowest BCUT2D eigenvalue weighted by Gasteiger charge is -2.35. The summed E-state index contributed by atoms with van der Waals surface area (Å²) in [6, 6.07) is 0.659. The van der Waals surface area contributed by atoms with Gasteiger partial charge in [-0.2, -0.15) is 0 Å². The maximum Gasteiger partial charge on any atom is 0.156 e. The summed E-state index contributed by atoms with van der Waals surface area (Å²) in [6.07, 6.45) is 9.51.